The van der Waals surface area contributed by atoms with E-state index in [1.165, 1.54) is 0 Å². The first-order chi connectivity index (χ1) is 12.5. The Bertz CT molecular complexity index is 783. The van der Waals surface area contributed by atoms with Crippen molar-refractivity contribution in [1.82, 2.24) is 9.88 Å². The molecule has 2 fully saturated rings. The molecule has 4 nitrogen and oxygen atoms in total. The van der Waals surface area contributed by atoms with Gasteiger partial charge in [-0.15, -0.1) is 11.8 Å². The Hall–Kier alpha value is -1.85. The molecule has 2 aliphatic heterocycles. The third-order valence-corrected chi connectivity index (χ3v) is 6.66. The van der Waals surface area contributed by atoms with Gasteiger partial charge in [0.1, 0.15) is 0 Å². The van der Waals surface area contributed by atoms with Crippen molar-refractivity contribution in [2.45, 2.75) is 37.7 Å². The number of amides is 1. The van der Waals surface area contributed by atoms with Crippen LogP contribution in [0.2, 0.25) is 0 Å². The Labute approximate surface area is 159 Å². The standard InChI is InChI=1S/C21H24N2O2S/c1-15-7-16(2)9-17(8-15)20(24)23-13-21(14-23)10-19(12-26-21)25-11-18-5-3-4-6-22-18/h3-9,19H,10-14H2,1-2H3/t19-/m0/s1. The molecule has 0 aliphatic carbocycles. The molecule has 0 saturated carbocycles. The summed E-state index contributed by atoms with van der Waals surface area (Å²) in [6.45, 7) is 6.29. The molecule has 5 heteroatoms. The van der Waals surface area contributed by atoms with Crippen molar-refractivity contribution < 1.29 is 9.53 Å². The zero-order chi connectivity index (χ0) is 18.1. The number of thioether (sulfide) groups is 1. The summed E-state index contributed by atoms with van der Waals surface area (Å²) in [7, 11) is 0. The number of nitrogens with zero attached hydrogens (tertiary/aromatic N) is 2. The molecule has 0 N–H and O–H groups in total. The number of aromatic nitrogens is 1. The summed E-state index contributed by atoms with van der Waals surface area (Å²) in [6, 6.07) is 12.0. The average Bonchev–Trinajstić information content (AvgIpc) is 3.03. The number of hydrogen-bond donors (Lipinski definition) is 0. The van der Waals surface area contributed by atoms with Crippen molar-refractivity contribution in [2.24, 2.45) is 0 Å². The molecule has 136 valence electrons. The fraction of sp³-hybridized carbons (Fsp3) is 0.429. The highest BCUT2D eigenvalue weighted by Crippen LogP contribution is 2.46. The first-order valence-corrected chi connectivity index (χ1v) is 10.0. The minimum atomic E-state index is 0.154. The molecule has 1 aromatic carbocycles. The van der Waals surface area contributed by atoms with E-state index in [9.17, 15) is 4.79 Å². The number of benzene rings is 1. The Kier molecular flexibility index (Phi) is 4.76. The molecule has 1 aromatic heterocycles. The molecule has 3 heterocycles. The van der Waals surface area contributed by atoms with E-state index in [4.69, 9.17) is 4.74 Å². The van der Waals surface area contributed by atoms with Crippen LogP contribution in [0.3, 0.4) is 0 Å². The lowest BCUT2D eigenvalue weighted by atomic mass is 9.92. The highest BCUT2D eigenvalue weighted by molar-refractivity contribution is 8.01. The molecular formula is C21H24N2O2S. The molecule has 1 amide bonds. The van der Waals surface area contributed by atoms with Crippen molar-refractivity contribution in [2.75, 3.05) is 18.8 Å². The van der Waals surface area contributed by atoms with Gasteiger partial charge in [-0.05, 0) is 44.5 Å². The van der Waals surface area contributed by atoms with Gasteiger partial charge in [0, 0.05) is 30.6 Å². The number of pyridine rings is 1. The molecule has 1 spiro atoms. The van der Waals surface area contributed by atoms with Crippen LogP contribution in [0.1, 0.15) is 33.6 Å². The van der Waals surface area contributed by atoms with E-state index in [1.807, 2.05) is 60.8 Å². The van der Waals surface area contributed by atoms with Crippen LogP contribution in [0.4, 0.5) is 0 Å². The van der Waals surface area contributed by atoms with Crippen LogP contribution in [0.15, 0.2) is 42.6 Å². The lowest BCUT2D eigenvalue weighted by Gasteiger charge is -2.47. The Morgan fingerprint density at radius 1 is 1.27 bits per heavy atom. The second-order valence-electron chi connectivity index (χ2n) is 7.49. The number of hydrogen-bond acceptors (Lipinski definition) is 4. The Balaban J connectivity index is 1.30. The van der Waals surface area contributed by atoms with Gasteiger partial charge in [-0.2, -0.15) is 0 Å². The highest BCUT2D eigenvalue weighted by atomic mass is 32.2. The zero-order valence-electron chi connectivity index (χ0n) is 15.3. The molecule has 2 aliphatic rings. The maximum absolute atomic E-state index is 12.7. The van der Waals surface area contributed by atoms with Gasteiger partial charge in [-0.25, -0.2) is 0 Å². The van der Waals surface area contributed by atoms with Gasteiger partial charge in [0.25, 0.3) is 5.91 Å². The van der Waals surface area contributed by atoms with Crippen LogP contribution in [0.25, 0.3) is 0 Å². The van der Waals surface area contributed by atoms with Crippen molar-refractivity contribution in [3.63, 3.8) is 0 Å². The van der Waals surface area contributed by atoms with Crippen LogP contribution in [-0.2, 0) is 11.3 Å². The largest absolute Gasteiger partial charge is 0.371 e. The molecule has 0 bridgehead atoms. The summed E-state index contributed by atoms with van der Waals surface area (Å²) in [5, 5.41) is 0. The summed E-state index contributed by atoms with van der Waals surface area (Å²) in [5.74, 6) is 1.15. The smallest absolute Gasteiger partial charge is 0.253 e. The van der Waals surface area contributed by atoms with Crippen LogP contribution in [0, 0.1) is 13.8 Å². The van der Waals surface area contributed by atoms with Gasteiger partial charge in [0.15, 0.2) is 0 Å². The maximum atomic E-state index is 12.7. The summed E-state index contributed by atoms with van der Waals surface area (Å²) >= 11 is 1.96. The number of likely N-dealkylation sites (tertiary alicyclic amines) is 1. The predicted molar refractivity (Wildman–Crippen MR) is 104 cm³/mol. The van der Waals surface area contributed by atoms with Crippen LogP contribution >= 0.6 is 11.8 Å². The first kappa shape index (κ1) is 17.6. The summed E-state index contributed by atoms with van der Waals surface area (Å²) in [6.07, 6.45) is 3.06. The minimum absolute atomic E-state index is 0.154. The fourth-order valence-corrected chi connectivity index (χ4v) is 5.44. The molecular weight excluding hydrogens is 344 g/mol. The van der Waals surface area contributed by atoms with E-state index in [1.54, 1.807) is 6.20 Å². The fourth-order valence-electron chi connectivity index (χ4n) is 3.89. The lowest BCUT2D eigenvalue weighted by Crippen LogP contribution is -2.60. The number of aryl methyl sites for hydroxylation is 2. The van der Waals surface area contributed by atoms with Gasteiger partial charge in [-0.1, -0.05) is 23.3 Å². The molecule has 2 aromatic rings. The second-order valence-corrected chi connectivity index (χ2v) is 8.98. The van der Waals surface area contributed by atoms with Crippen molar-refractivity contribution in [1.29, 1.82) is 0 Å². The molecule has 26 heavy (non-hydrogen) atoms. The van der Waals surface area contributed by atoms with Crippen LogP contribution < -0.4 is 0 Å². The number of carbonyl (C=O) groups excluding carboxylic acids is 1. The Morgan fingerprint density at radius 2 is 2.04 bits per heavy atom. The predicted octanol–water partition coefficient (Wildman–Crippen LogP) is 3.62. The van der Waals surface area contributed by atoms with E-state index >= 15 is 0 Å². The van der Waals surface area contributed by atoms with Gasteiger partial charge >= 0.3 is 0 Å². The third kappa shape index (κ3) is 3.64. The first-order valence-electron chi connectivity index (χ1n) is 9.06. The van der Waals surface area contributed by atoms with Gasteiger partial charge < -0.3 is 9.64 Å². The molecule has 0 unspecified atom stereocenters. The summed E-state index contributed by atoms with van der Waals surface area (Å²) in [5.41, 5.74) is 4.06. The van der Waals surface area contributed by atoms with Gasteiger partial charge in [-0.3, -0.25) is 9.78 Å². The SMILES string of the molecule is Cc1cc(C)cc(C(=O)N2CC3(C[C@H](OCc4ccccn4)CS3)C2)c1. The van der Waals surface area contributed by atoms with Crippen LogP contribution in [0.5, 0.6) is 0 Å². The summed E-state index contributed by atoms with van der Waals surface area (Å²) in [4.78, 5) is 19.0. The van der Waals surface area contributed by atoms with Crippen molar-refractivity contribution in [3.8, 4) is 0 Å². The molecule has 4 rings (SSSR count). The monoisotopic (exact) mass is 368 g/mol. The summed E-state index contributed by atoms with van der Waals surface area (Å²) < 4.78 is 6.23. The maximum Gasteiger partial charge on any atom is 0.253 e. The lowest BCUT2D eigenvalue weighted by molar-refractivity contribution is 0.0245. The normalized spacial score (nSPS) is 21.0. The highest BCUT2D eigenvalue weighted by Gasteiger charge is 2.51. The van der Waals surface area contributed by atoms with E-state index in [0.717, 1.165) is 47.6 Å². The minimum Gasteiger partial charge on any atom is -0.371 e. The molecule has 1 atom stereocenters. The van der Waals surface area contributed by atoms with Crippen LogP contribution in [-0.4, -0.2) is 45.5 Å². The Morgan fingerprint density at radius 3 is 2.73 bits per heavy atom. The molecule has 0 radical (unpaired) electrons. The van der Waals surface area contributed by atoms with Gasteiger partial charge in [0.05, 0.1) is 23.2 Å². The van der Waals surface area contributed by atoms with E-state index in [2.05, 4.69) is 11.1 Å². The second kappa shape index (κ2) is 7.05. The van der Waals surface area contributed by atoms with Crippen molar-refractivity contribution in [3.05, 3.63) is 65.0 Å². The average molecular weight is 369 g/mol. The van der Waals surface area contributed by atoms with Crippen molar-refractivity contribution >= 4 is 17.7 Å². The number of ether oxygens (including phenoxy) is 1. The zero-order valence-corrected chi connectivity index (χ0v) is 16.1. The topological polar surface area (TPSA) is 42.4 Å². The third-order valence-electron chi connectivity index (χ3n) is 5.08. The van der Waals surface area contributed by atoms with E-state index in [0.29, 0.717) is 6.61 Å². The number of carbonyl (C=O) groups is 1. The number of rotatable bonds is 4. The van der Waals surface area contributed by atoms with E-state index in [-0.39, 0.29) is 16.8 Å². The van der Waals surface area contributed by atoms with Gasteiger partial charge in [0.2, 0.25) is 0 Å². The quantitative estimate of drug-likeness (QED) is 0.827. The molecule has 2 saturated heterocycles. The van der Waals surface area contributed by atoms with E-state index < -0.39 is 0 Å².